The molecular formula is C28H23F3N2O5S. The third-order valence-electron chi connectivity index (χ3n) is 5.41. The van der Waals surface area contributed by atoms with Crippen LogP contribution in [-0.2, 0) is 9.59 Å². The molecule has 3 aromatic carbocycles. The van der Waals surface area contributed by atoms with Crippen molar-refractivity contribution in [2.24, 2.45) is 0 Å². The minimum Gasteiger partial charge on any atom is -0.479 e. The van der Waals surface area contributed by atoms with Crippen molar-refractivity contribution >= 4 is 34.9 Å². The van der Waals surface area contributed by atoms with Gasteiger partial charge in [-0.15, -0.1) is 11.3 Å². The molecule has 1 amide bonds. The second-order valence-corrected chi connectivity index (χ2v) is 9.29. The quantitative estimate of drug-likeness (QED) is 0.216. The molecule has 0 fully saturated rings. The number of anilines is 1. The van der Waals surface area contributed by atoms with E-state index in [9.17, 15) is 27.9 Å². The van der Waals surface area contributed by atoms with Gasteiger partial charge in [-0.2, -0.15) is 13.2 Å². The van der Waals surface area contributed by atoms with Crippen molar-refractivity contribution < 1.29 is 37.8 Å². The first-order valence-corrected chi connectivity index (χ1v) is 12.2. The Morgan fingerprint density at radius 1 is 0.769 bits per heavy atom. The van der Waals surface area contributed by atoms with Crippen molar-refractivity contribution in [2.75, 3.05) is 5.73 Å². The number of carbonyl (C=O) groups is 3. The summed E-state index contributed by atoms with van der Waals surface area (Å²) in [6.45, 7) is 0. The molecule has 202 valence electrons. The van der Waals surface area contributed by atoms with E-state index in [0.717, 1.165) is 16.0 Å². The lowest BCUT2D eigenvalue weighted by Gasteiger charge is -2.17. The molecule has 4 aromatic rings. The highest BCUT2D eigenvalue weighted by atomic mass is 32.1. The average molecular weight is 557 g/mol. The van der Waals surface area contributed by atoms with Crippen LogP contribution in [0.15, 0.2) is 97.1 Å². The number of hydrogen-bond donors (Lipinski definition) is 4. The number of carboxylic acid groups (broad SMARTS) is 2. The zero-order valence-corrected chi connectivity index (χ0v) is 20.9. The summed E-state index contributed by atoms with van der Waals surface area (Å²) in [6.07, 6.45) is -5.08. The monoisotopic (exact) mass is 556 g/mol. The summed E-state index contributed by atoms with van der Waals surface area (Å²) >= 11 is 1.36. The van der Waals surface area contributed by atoms with Gasteiger partial charge in [-0.05, 0) is 41.0 Å². The number of alkyl halides is 3. The standard InChI is InChI=1S/C26H22N2O3S.C2HF3O2/c27-20-13-7-12-19(16-20)24(26(30)31)28-25(29)22-15-14-21(32-22)23(17-8-3-1-4-9-17)18-10-5-2-6-11-18;3-2(4,5)1(6)7/h1-16,23-24H,27H2,(H,28,29)(H,30,31);(H,6,7). The first-order chi connectivity index (χ1) is 18.5. The maximum Gasteiger partial charge on any atom is 0.490 e. The first kappa shape index (κ1) is 28.9. The number of thiophene rings is 1. The number of nitrogens with one attached hydrogen (secondary N) is 1. The molecule has 0 saturated carbocycles. The lowest BCUT2D eigenvalue weighted by atomic mass is 9.90. The van der Waals surface area contributed by atoms with E-state index in [0.29, 0.717) is 16.1 Å². The number of nitrogens with two attached hydrogens (primary N) is 1. The van der Waals surface area contributed by atoms with Gasteiger partial charge in [0.1, 0.15) is 0 Å². The lowest BCUT2D eigenvalue weighted by Crippen LogP contribution is -2.33. The van der Waals surface area contributed by atoms with Gasteiger partial charge in [0.05, 0.1) is 4.88 Å². The summed E-state index contributed by atoms with van der Waals surface area (Å²) in [5.74, 6) is -4.36. The molecule has 1 unspecified atom stereocenters. The molecule has 0 aliphatic carbocycles. The Kier molecular flexibility index (Phi) is 9.45. The Labute approximate surface area is 225 Å². The summed E-state index contributed by atoms with van der Waals surface area (Å²) in [6, 6.07) is 29.2. The highest BCUT2D eigenvalue weighted by molar-refractivity contribution is 7.14. The Morgan fingerprint density at radius 2 is 1.28 bits per heavy atom. The summed E-state index contributed by atoms with van der Waals surface area (Å²) in [7, 11) is 0. The van der Waals surface area contributed by atoms with Gasteiger partial charge in [0, 0.05) is 16.5 Å². The van der Waals surface area contributed by atoms with Crippen LogP contribution in [0.3, 0.4) is 0 Å². The molecule has 1 aromatic heterocycles. The van der Waals surface area contributed by atoms with E-state index in [4.69, 9.17) is 15.6 Å². The van der Waals surface area contributed by atoms with Gasteiger partial charge < -0.3 is 21.3 Å². The molecule has 1 heterocycles. The summed E-state index contributed by atoms with van der Waals surface area (Å²) in [4.78, 5) is 35.1. The van der Waals surface area contributed by atoms with Crippen LogP contribution in [0, 0.1) is 0 Å². The van der Waals surface area contributed by atoms with Gasteiger partial charge in [-0.3, -0.25) is 4.79 Å². The smallest absolute Gasteiger partial charge is 0.479 e. The van der Waals surface area contributed by atoms with Crippen LogP contribution in [0.1, 0.15) is 43.2 Å². The fourth-order valence-corrected chi connectivity index (χ4v) is 4.74. The Morgan fingerprint density at radius 3 is 1.74 bits per heavy atom. The van der Waals surface area contributed by atoms with Crippen molar-refractivity contribution in [1.29, 1.82) is 0 Å². The van der Waals surface area contributed by atoms with E-state index in [-0.39, 0.29) is 5.92 Å². The SMILES string of the molecule is Nc1cccc(C(NC(=O)c2ccc(C(c3ccccc3)c3ccccc3)s2)C(=O)O)c1.O=C(O)C(F)(F)F. The molecule has 0 bridgehead atoms. The van der Waals surface area contributed by atoms with Gasteiger partial charge in [0.2, 0.25) is 0 Å². The van der Waals surface area contributed by atoms with Crippen molar-refractivity contribution in [1.82, 2.24) is 5.32 Å². The molecule has 0 aliphatic rings. The summed E-state index contributed by atoms with van der Waals surface area (Å²) in [5, 5.41) is 19.4. The highest BCUT2D eigenvalue weighted by Crippen LogP contribution is 2.36. The third kappa shape index (κ3) is 7.92. The number of aliphatic carboxylic acids is 2. The summed E-state index contributed by atoms with van der Waals surface area (Å²) in [5.41, 5.74) is 8.89. The fourth-order valence-electron chi connectivity index (χ4n) is 3.67. The van der Waals surface area contributed by atoms with Crippen LogP contribution in [0.25, 0.3) is 0 Å². The Hall–Kier alpha value is -4.64. The van der Waals surface area contributed by atoms with E-state index in [2.05, 4.69) is 29.6 Å². The molecule has 0 saturated heterocycles. The number of hydrogen-bond acceptors (Lipinski definition) is 5. The number of carbonyl (C=O) groups excluding carboxylic acids is 1. The number of nitrogen functional groups attached to an aromatic ring is 1. The molecule has 1 atom stereocenters. The number of halogens is 3. The van der Waals surface area contributed by atoms with E-state index >= 15 is 0 Å². The first-order valence-electron chi connectivity index (χ1n) is 11.4. The van der Waals surface area contributed by atoms with Gasteiger partial charge in [0.15, 0.2) is 6.04 Å². The maximum atomic E-state index is 12.9. The van der Waals surface area contributed by atoms with Crippen LogP contribution in [-0.4, -0.2) is 34.2 Å². The van der Waals surface area contributed by atoms with Crippen LogP contribution in [0.5, 0.6) is 0 Å². The van der Waals surface area contributed by atoms with Gasteiger partial charge >= 0.3 is 18.1 Å². The third-order valence-corrected chi connectivity index (χ3v) is 6.56. The zero-order valence-electron chi connectivity index (χ0n) is 20.1. The van der Waals surface area contributed by atoms with Crippen LogP contribution in [0.2, 0.25) is 0 Å². The molecule has 11 heteroatoms. The second kappa shape index (κ2) is 12.7. The summed E-state index contributed by atoms with van der Waals surface area (Å²) < 4.78 is 31.7. The minimum atomic E-state index is -5.08. The number of rotatable bonds is 7. The van der Waals surface area contributed by atoms with Gasteiger partial charge in [-0.1, -0.05) is 72.8 Å². The molecule has 0 radical (unpaired) electrons. The molecule has 39 heavy (non-hydrogen) atoms. The topological polar surface area (TPSA) is 130 Å². The van der Waals surface area contributed by atoms with Crippen molar-refractivity contribution in [3.05, 3.63) is 124 Å². The predicted molar refractivity (Wildman–Crippen MR) is 141 cm³/mol. The number of amides is 1. The average Bonchev–Trinajstić information content (AvgIpc) is 3.38. The molecular weight excluding hydrogens is 533 g/mol. The van der Waals surface area contributed by atoms with Crippen molar-refractivity contribution in [3.8, 4) is 0 Å². The lowest BCUT2D eigenvalue weighted by molar-refractivity contribution is -0.192. The van der Waals surface area contributed by atoms with Crippen molar-refractivity contribution in [3.63, 3.8) is 0 Å². The Bertz CT molecular complexity index is 1390. The van der Waals surface area contributed by atoms with E-state index in [1.807, 2.05) is 42.5 Å². The Balaban J connectivity index is 0.000000532. The minimum absolute atomic E-state index is 0.0202. The zero-order chi connectivity index (χ0) is 28.6. The molecule has 4 rings (SSSR count). The van der Waals surface area contributed by atoms with Crippen LogP contribution in [0.4, 0.5) is 18.9 Å². The van der Waals surface area contributed by atoms with E-state index in [1.165, 1.54) is 11.3 Å². The number of carboxylic acids is 2. The van der Waals surface area contributed by atoms with Crippen molar-refractivity contribution in [2.45, 2.75) is 18.1 Å². The molecule has 5 N–H and O–H groups in total. The predicted octanol–water partition coefficient (Wildman–Crippen LogP) is 5.70. The second-order valence-electron chi connectivity index (χ2n) is 8.17. The largest absolute Gasteiger partial charge is 0.490 e. The van der Waals surface area contributed by atoms with Gasteiger partial charge in [-0.25, -0.2) is 9.59 Å². The normalized spacial score (nSPS) is 11.7. The van der Waals surface area contributed by atoms with Gasteiger partial charge in [0.25, 0.3) is 5.91 Å². The maximum absolute atomic E-state index is 12.9. The van der Waals surface area contributed by atoms with Crippen LogP contribution >= 0.6 is 11.3 Å². The van der Waals surface area contributed by atoms with Crippen LogP contribution < -0.4 is 11.1 Å². The molecule has 0 spiro atoms. The van der Waals surface area contributed by atoms with E-state index in [1.54, 1.807) is 30.3 Å². The number of benzene rings is 3. The fraction of sp³-hybridized carbons (Fsp3) is 0.107. The molecule has 0 aliphatic heterocycles. The molecule has 7 nitrogen and oxygen atoms in total. The highest BCUT2D eigenvalue weighted by Gasteiger charge is 2.38. The van der Waals surface area contributed by atoms with E-state index < -0.39 is 30.1 Å².